The van der Waals surface area contributed by atoms with E-state index >= 15 is 0 Å². The quantitative estimate of drug-likeness (QED) is 0.792. The highest BCUT2D eigenvalue weighted by Gasteiger charge is 2.28. The van der Waals surface area contributed by atoms with Crippen LogP contribution in [0.15, 0.2) is 17.0 Å². The van der Waals surface area contributed by atoms with Gasteiger partial charge in [-0.05, 0) is 43.4 Å². The zero-order valence-corrected chi connectivity index (χ0v) is 13.4. The summed E-state index contributed by atoms with van der Waals surface area (Å²) >= 11 is 5.91. The van der Waals surface area contributed by atoms with Crippen LogP contribution in [0.4, 0.5) is 5.69 Å². The monoisotopic (exact) mass is 316 g/mol. The predicted molar refractivity (Wildman–Crippen MR) is 82.3 cm³/mol. The van der Waals surface area contributed by atoms with Crippen LogP contribution in [-0.4, -0.2) is 14.5 Å². The van der Waals surface area contributed by atoms with Crippen molar-refractivity contribution in [2.75, 3.05) is 5.73 Å². The Morgan fingerprint density at radius 2 is 2.10 bits per heavy atom. The molecule has 1 aliphatic rings. The van der Waals surface area contributed by atoms with Gasteiger partial charge < -0.3 is 5.73 Å². The number of rotatable bonds is 6. The largest absolute Gasteiger partial charge is 0.397 e. The number of sulfonamides is 1. The fraction of sp³-hybridized carbons (Fsp3) is 0.571. The third kappa shape index (κ3) is 3.65. The first-order valence-electron chi connectivity index (χ1n) is 6.91. The van der Waals surface area contributed by atoms with Crippen molar-refractivity contribution in [3.8, 4) is 0 Å². The molecular formula is C14H21ClN2O2S. The molecule has 1 aromatic rings. The number of hydrogen-bond acceptors (Lipinski definition) is 3. The molecule has 112 valence electrons. The summed E-state index contributed by atoms with van der Waals surface area (Å²) in [7, 11) is -3.55. The Morgan fingerprint density at radius 1 is 1.45 bits per heavy atom. The molecule has 6 heteroatoms. The molecule has 1 fully saturated rings. The number of nitrogen functional groups attached to an aromatic ring is 1. The lowest BCUT2D eigenvalue weighted by Crippen LogP contribution is -2.35. The molecule has 2 rings (SSSR count). The topological polar surface area (TPSA) is 72.2 Å². The number of benzene rings is 1. The molecule has 1 saturated carbocycles. The Morgan fingerprint density at radius 3 is 2.65 bits per heavy atom. The van der Waals surface area contributed by atoms with Gasteiger partial charge in [0.15, 0.2) is 0 Å². The van der Waals surface area contributed by atoms with Crippen molar-refractivity contribution in [2.45, 2.75) is 50.5 Å². The van der Waals surface area contributed by atoms with Crippen molar-refractivity contribution in [1.82, 2.24) is 4.72 Å². The molecule has 1 aromatic carbocycles. The second-order valence-corrected chi connectivity index (χ2v) is 7.63. The number of aryl methyl sites for hydroxylation is 1. The van der Waals surface area contributed by atoms with Crippen LogP contribution in [0.25, 0.3) is 0 Å². The van der Waals surface area contributed by atoms with Gasteiger partial charge in [-0.2, -0.15) is 0 Å². The zero-order chi connectivity index (χ0) is 14.9. The third-order valence-electron chi connectivity index (χ3n) is 3.71. The maximum atomic E-state index is 12.5. The number of nitrogens with two attached hydrogens (primary N) is 1. The zero-order valence-electron chi connectivity index (χ0n) is 11.8. The van der Waals surface area contributed by atoms with E-state index in [2.05, 4.69) is 4.72 Å². The molecule has 1 aliphatic carbocycles. The third-order valence-corrected chi connectivity index (χ3v) is 5.70. The molecule has 0 aliphatic heterocycles. The fourth-order valence-electron chi connectivity index (χ4n) is 2.30. The lowest BCUT2D eigenvalue weighted by molar-refractivity contribution is 0.495. The van der Waals surface area contributed by atoms with Gasteiger partial charge in [0.2, 0.25) is 10.0 Å². The minimum atomic E-state index is -3.55. The van der Waals surface area contributed by atoms with Crippen LogP contribution in [0, 0.1) is 12.8 Å². The molecular weight excluding hydrogens is 296 g/mol. The van der Waals surface area contributed by atoms with Crippen LogP contribution in [0.3, 0.4) is 0 Å². The average molecular weight is 317 g/mol. The van der Waals surface area contributed by atoms with Crippen molar-refractivity contribution < 1.29 is 8.42 Å². The Labute approximate surface area is 125 Å². The van der Waals surface area contributed by atoms with Gasteiger partial charge in [0, 0.05) is 6.04 Å². The summed E-state index contributed by atoms with van der Waals surface area (Å²) in [6, 6.07) is 3.01. The lowest BCUT2D eigenvalue weighted by atomic mass is 10.1. The van der Waals surface area contributed by atoms with Crippen LogP contribution in [0.5, 0.6) is 0 Å². The Kier molecular flexibility index (Phi) is 4.62. The van der Waals surface area contributed by atoms with Crippen molar-refractivity contribution >= 4 is 27.3 Å². The maximum absolute atomic E-state index is 12.5. The van der Waals surface area contributed by atoms with Gasteiger partial charge in [0.05, 0.1) is 15.6 Å². The van der Waals surface area contributed by atoms with E-state index in [0.717, 1.165) is 12.8 Å². The first kappa shape index (κ1) is 15.6. The smallest absolute Gasteiger partial charge is 0.241 e. The summed E-state index contributed by atoms with van der Waals surface area (Å²) in [4.78, 5) is 0.216. The molecule has 0 heterocycles. The molecule has 20 heavy (non-hydrogen) atoms. The summed E-state index contributed by atoms with van der Waals surface area (Å²) in [5.74, 6) is 0.680. The van der Waals surface area contributed by atoms with Crippen molar-refractivity contribution in [2.24, 2.45) is 5.92 Å². The van der Waals surface area contributed by atoms with E-state index in [1.807, 2.05) is 6.92 Å². The molecule has 0 radical (unpaired) electrons. The molecule has 0 saturated heterocycles. The second-order valence-electron chi connectivity index (χ2n) is 5.54. The number of halogens is 1. The first-order valence-corrected chi connectivity index (χ1v) is 8.77. The van der Waals surface area contributed by atoms with Crippen LogP contribution >= 0.6 is 11.6 Å². The SMILES string of the molecule is CCC(CC1CC1)NS(=O)(=O)c1cc(N)c(Cl)cc1C. The van der Waals surface area contributed by atoms with E-state index in [1.165, 1.54) is 18.9 Å². The summed E-state index contributed by atoms with van der Waals surface area (Å²) in [6.45, 7) is 3.72. The van der Waals surface area contributed by atoms with Crippen LogP contribution in [0.1, 0.15) is 38.2 Å². The van der Waals surface area contributed by atoms with Crippen molar-refractivity contribution in [3.63, 3.8) is 0 Å². The molecule has 0 aromatic heterocycles. The van der Waals surface area contributed by atoms with E-state index in [0.29, 0.717) is 16.5 Å². The summed E-state index contributed by atoms with van der Waals surface area (Å²) in [6.07, 6.45) is 4.13. The predicted octanol–water partition coefficient (Wildman–Crippen LogP) is 3.09. The van der Waals surface area contributed by atoms with Crippen LogP contribution < -0.4 is 10.5 Å². The minimum Gasteiger partial charge on any atom is -0.397 e. The molecule has 4 nitrogen and oxygen atoms in total. The van der Waals surface area contributed by atoms with Crippen molar-refractivity contribution in [3.05, 3.63) is 22.7 Å². The number of hydrogen-bond donors (Lipinski definition) is 2. The van der Waals surface area contributed by atoms with Gasteiger partial charge in [-0.15, -0.1) is 0 Å². The molecule has 0 spiro atoms. The number of anilines is 1. The van der Waals surface area contributed by atoms with Crippen LogP contribution in [-0.2, 0) is 10.0 Å². The van der Waals surface area contributed by atoms with E-state index in [9.17, 15) is 8.42 Å². The molecule has 1 atom stereocenters. The van der Waals surface area contributed by atoms with E-state index < -0.39 is 10.0 Å². The summed E-state index contributed by atoms with van der Waals surface area (Å²) in [5, 5.41) is 0.381. The van der Waals surface area contributed by atoms with Gasteiger partial charge in [-0.1, -0.05) is 31.4 Å². The van der Waals surface area contributed by atoms with E-state index in [-0.39, 0.29) is 16.6 Å². The maximum Gasteiger partial charge on any atom is 0.241 e. The van der Waals surface area contributed by atoms with Gasteiger partial charge in [-0.25, -0.2) is 13.1 Å². The Bertz CT molecular complexity index is 597. The van der Waals surface area contributed by atoms with E-state index in [4.69, 9.17) is 17.3 Å². The van der Waals surface area contributed by atoms with Gasteiger partial charge in [-0.3, -0.25) is 0 Å². The van der Waals surface area contributed by atoms with Crippen molar-refractivity contribution in [1.29, 1.82) is 0 Å². The lowest BCUT2D eigenvalue weighted by Gasteiger charge is -2.18. The standard InChI is InChI=1S/C14H21ClN2O2S/c1-3-11(7-10-4-5-10)17-20(18,19)14-8-13(16)12(15)6-9(14)2/h6,8,10-11,17H,3-5,7,16H2,1-2H3. The van der Waals surface area contributed by atoms with Gasteiger partial charge in [0.25, 0.3) is 0 Å². The average Bonchev–Trinajstić information content (AvgIpc) is 3.16. The molecule has 0 bridgehead atoms. The Balaban J connectivity index is 2.22. The first-order chi connectivity index (χ1) is 9.33. The summed E-state index contributed by atoms with van der Waals surface area (Å²) in [5.41, 5.74) is 6.61. The Hall–Kier alpha value is -0.780. The van der Waals surface area contributed by atoms with E-state index in [1.54, 1.807) is 13.0 Å². The van der Waals surface area contributed by atoms with Gasteiger partial charge in [0.1, 0.15) is 0 Å². The fourth-order valence-corrected chi connectivity index (χ4v) is 4.11. The van der Waals surface area contributed by atoms with Gasteiger partial charge >= 0.3 is 0 Å². The minimum absolute atomic E-state index is 0.0104. The molecule has 0 amide bonds. The summed E-state index contributed by atoms with van der Waals surface area (Å²) < 4.78 is 27.7. The van der Waals surface area contributed by atoms with Crippen LogP contribution in [0.2, 0.25) is 5.02 Å². The highest BCUT2D eigenvalue weighted by atomic mass is 35.5. The molecule has 1 unspecified atom stereocenters. The molecule has 3 N–H and O–H groups in total. The highest BCUT2D eigenvalue weighted by molar-refractivity contribution is 7.89. The normalized spacial score (nSPS) is 17.1. The highest BCUT2D eigenvalue weighted by Crippen LogP contribution is 2.34. The number of nitrogens with one attached hydrogen (secondary N) is 1. The second kappa shape index (κ2) is 5.92.